The normalized spacial score (nSPS) is 13.0. The number of carbonyl (C=O) groups is 2. The van der Waals surface area contributed by atoms with Crippen molar-refractivity contribution in [1.29, 1.82) is 0 Å². The van der Waals surface area contributed by atoms with Crippen molar-refractivity contribution in [2.24, 2.45) is 5.73 Å². The SMILES string of the molecule is CCCCCCC/C=C\C/C=C\CCCCCCCCCCCCCCCCCCCCCCCC(=O)OC(COC(=O)CCCCCCCCCCCCCCCCCCCCCCCCCCC)COP(=O)(O)OCCN. The van der Waals surface area contributed by atoms with Crippen LogP contribution in [0, 0.1) is 0 Å². The Hall–Kier alpha value is -1.51. The molecule has 0 rings (SSSR count). The fourth-order valence-electron chi connectivity index (χ4n) is 10.7. The summed E-state index contributed by atoms with van der Waals surface area (Å²) in [7, 11) is -4.39. The van der Waals surface area contributed by atoms with Gasteiger partial charge in [0.25, 0.3) is 0 Å². The third-order valence-electron chi connectivity index (χ3n) is 15.8. The van der Waals surface area contributed by atoms with Crippen LogP contribution in [0.25, 0.3) is 0 Å². The summed E-state index contributed by atoms with van der Waals surface area (Å²) in [5.74, 6) is -0.802. The van der Waals surface area contributed by atoms with Crippen LogP contribution in [0.2, 0.25) is 0 Å². The van der Waals surface area contributed by atoms with E-state index >= 15 is 0 Å². The van der Waals surface area contributed by atoms with Gasteiger partial charge in [-0.2, -0.15) is 0 Å². The molecule has 0 spiro atoms. The molecule has 79 heavy (non-hydrogen) atoms. The lowest BCUT2D eigenvalue weighted by molar-refractivity contribution is -0.161. The van der Waals surface area contributed by atoms with E-state index in [2.05, 4.69) is 38.2 Å². The fraction of sp³-hybridized carbons (Fsp3) is 0.913. The second kappa shape index (κ2) is 65.6. The Morgan fingerprint density at radius 2 is 0.658 bits per heavy atom. The van der Waals surface area contributed by atoms with Crippen LogP contribution < -0.4 is 5.73 Å². The molecule has 0 saturated carbocycles. The molecule has 2 unspecified atom stereocenters. The summed E-state index contributed by atoms with van der Waals surface area (Å²) in [6.45, 7) is 3.82. The van der Waals surface area contributed by atoms with Crippen LogP contribution in [0.1, 0.15) is 373 Å². The van der Waals surface area contributed by atoms with Crippen LogP contribution in [0.3, 0.4) is 0 Å². The predicted octanol–water partition coefficient (Wildman–Crippen LogP) is 22.5. The molecule has 0 saturated heterocycles. The van der Waals surface area contributed by atoms with E-state index in [0.29, 0.717) is 6.42 Å². The number of esters is 2. The third kappa shape index (κ3) is 65.5. The number of phosphoric acid groups is 1. The molecule has 0 aromatic carbocycles. The lowest BCUT2D eigenvalue weighted by atomic mass is 10.0. The Bertz CT molecular complexity index is 1340. The molecule has 10 heteroatoms. The largest absolute Gasteiger partial charge is 0.472 e. The number of phosphoric ester groups is 1. The minimum absolute atomic E-state index is 0.0572. The Labute approximate surface area is 491 Å². The molecule has 0 aliphatic carbocycles. The smallest absolute Gasteiger partial charge is 0.462 e. The van der Waals surface area contributed by atoms with Gasteiger partial charge >= 0.3 is 19.8 Å². The molecular weight excluding hydrogens is 1000 g/mol. The van der Waals surface area contributed by atoms with Gasteiger partial charge in [-0.15, -0.1) is 0 Å². The summed E-state index contributed by atoms with van der Waals surface area (Å²) in [6, 6.07) is 0. The number of hydrogen-bond acceptors (Lipinski definition) is 8. The Morgan fingerprint density at radius 1 is 0.380 bits per heavy atom. The van der Waals surface area contributed by atoms with Crippen molar-refractivity contribution in [3.05, 3.63) is 24.3 Å². The van der Waals surface area contributed by atoms with Crippen molar-refractivity contribution < 1.29 is 37.6 Å². The number of nitrogens with two attached hydrogens (primary N) is 1. The molecule has 0 aromatic heterocycles. The number of carbonyl (C=O) groups excluding carboxylic acids is 2. The van der Waals surface area contributed by atoms with E-state index in [-0.39, 0.29) is 38.6 Å². The van der Waals surface area contributed by atoms with E-state index < -0.39 is 26.5 Å². The monoisotopic (exact) mass is 1140 g/mol. The molecular formula is C69H134NO8P. The molecule has 0 aliphatic rings. The molecule has 0 radical (unpaired) electrons. The summed E-state index contributed by atoms with van der Waals surface area (Å²) < 4.78 is 33.2. The van der Waals surface area contributed by atoms with Gasteiger partial charge in [0.15, 0.2) is 6.10 Å². The molecule has 0 bridgehead atoms. The third-order valence-corrected chi connectivity index (χ3v) is 16.8. The van der Waals surface area contributed by atoms with Gasteiger partial charge in [-0.05, 0) is 44.9 Å². The highest BCUT2D eigenvalue weighted by Crippen LogP contribution is 2.43. The Morgan fingerprint density at radius 3 is 0.962 bits per heavy atom. The van der Waals surface area contributed by atoms with Gasteiger partial charge in [-0.3, -0.25) is 18.6 Å². The quantitative estimate of drug-likeness (QED) is 0.0264. The van der Waals surface area contributed by atoms with E-state index in [1.54, 1.807) is 0 Å². The average Bonchev–Trinajstić information content (AvgIpc) is 3.44. The lowest BCUT2D eigenvalue weighted by Crippen LogP contribution is -2.29. The second-order valence-corrected chi connectivity index (χ2v) is 25.2. The predicted molar refractivity (Wildman–Crippen MR) is 340 cm³/mol. The van der Waals surface area contributed by atoms with Crippen LogP contribution in [-0.4, -0.2) is 49.3 Å². The van der Waals surface area contributed by atoms with Crippen LogP contribution >= 0.6 is 7.82 Å². The van der Waals surface area contributed by atoms with Gasteiger partial charge in [0.05, 0.1) is 13.2 Å². The van der Waals surface area contributed by atoms with Gasteiger partial charge in [0.2, 0.25) is 0 Å². The first-order chi connectivity index (χ1) is 38.8. The van der Waals surface area contributed by atoms with Crippen molar-refractivity contribution in [3.63, 3.8) is 0 Å². The average molecular weight is 1140 g/mol. The minimum atomic E-state index is -4.39. The summed E-state index contributed by atoms with van der Waals surface area (Å²) in [4.78, 5) is 35.3. The van der Waals surface area contributed by atoms with E-state index in [4.69, 9.17) is 24.3 Å². The zero-order valence-electron chi connectivity index (χ0n) is 52.6. The Kier molecular flexibility index (Phi) is 64.4. The number of ether oxygens (including phenoxy) is 2. The fourth-order valence-corrected chi connectivity index (χ4v) is 11.4. The summed E-state index contributed by atoms with van der Waals surface area (Å²) in [5, 5.41) is 0. The van der Waals surface area contributed by atoms with Crippen LogP contribution in [0.4, 0.5) is 0 Å². The highest BCUT2D eigenvalue weighted by Gasteiger charge is 2.26. The molecule has 0 fully saturated rings. The maximum Gasteiger partial charge on any atom is 0.472 e. The molecule has 0 amide bonds. The lowest BCUT2D eigenvalue weighted by Gasteiger charge is -2.19. The summed E-state index contributed by atoms with van der Waals surface area (Å²) in [6.07, 6.45) is 79.9. The highest BCUT2D eigenvalue weighted by molar-refractivity contribution is 7.47. The van der Waals surface area contributed by atoms with Crippen LogP contribution in [0.5, 0.6) is 0 Å². The van der Waals surface area contributed by atoms with Crippen molar-refractivity contribution in [3.8, 4) is 0 Å². The number of allylic oxidation sites excluding steroid dienone is 4. The van der Waals surface area contributed by atoms with Gasteiger partial charge in [0.1, 0.15) is 6.61 Å². The number of unbranched alkanes of at least 4 members (excludes halogenated alkanes) is 50. The van der Waals surface area contributed by atoms with E-state index in [1.807, 2.05) is 0 Å². The second-order valence-electron chi connectivity index (χ2n) is 23.8. The van der Waals surface area contributed by atoms with Crippen molar-refractivity contribution in [1.82, 2.24) is 0 Å². The zero-order valence-corrected chi connectivity index (χ0v) is 53.5. The molecule has 468 valence electrons. The van der Waals surface area contributed by atoms with Crippen LogP contribution in [0.15, 0.2) is 24.3 Å². The molecule has 0 aliphatic heterocycles. The zero-order chi connectivity index (χ0) is 57.3. The topological polar surface area (TPSA) is 134 Å². The molecule has 9 nitrogen and oxygen atoms in total. The van der Waals surface area contributed by atoms with E-state index in [9.17, 15) is 19.0 Å². The van der Waals surface area contributed by atoms with Gasteiger partial charge < -0.3 is 20.1 Å². The molecule has 3 N–H and O–H groups in total. The summed E-state index contributed by atoms with van der Waals surface area (Å²) in [5.41, 5.74) is 5.40. The molecule has 0 heterocycles. The van der Waals surface area contributed by atoms with Crippen molar-refractivity contribution in [2.75, 3.05) is 26.4 Å². The van der Waals surface area contributed by atoms with Crippen molar-refractivity contribution in [2.45, 2.75) is 380 Å². The first kappa shape index (κ1) is 77.5. The maximum atomic E-state index is 12.8. The number of rotatable bonds is 67. The minimum Gasteiger partial charge on any atom is -0.462 e. The first-order valence-electron chi connectivity index (χ1n) is 34.8. The Balaban J connectivity index is 3.81. The molecule has 2 atom stereocenters. The highest BCUT2D eigenvalue weighted by atomic mass is 31.2. The van der Waals surface area contributed by atoms with Gasteiger partial charge in [0, 0.05) is 19.4 Å². The van der Waals surface area contributed by atoms with Gasteiger partial charge in [-0.1, -0.05) is 340 Å². The van der Waals surface area contributed by atoms with E-state index in [1.165, 1.54) is 302 Å². The summed E-state index contributed by atoms with van der Waals surface area (Å²) >= 11 is 0. The molecule has 0 aromatic rings. The van der Waals surface area contributed by atoms with Crippen LogP contribution in [-0.2, 0) is 32.7 Å². The standard InChI is InChI=1S/C69H134NO8P/c1-3-5-7-9-11-13-15-17-19-21-23-25-27-29-30-31-32-33-34-35-36-38-40-42-44-46-48-50-52-54-56-58-60-62-69(72)78-67(66-77-79(73,74)76-64-63-70)65-75-68(71)61-59-57-55-53-51-49-47-45-43-41-39-37-28-26-24-22-20-18-16-14-12-10-8-6-4-2/h15,17,21,23,67H,3-14,16,18-20,22,24-66,70H2,1-2H3,(H,73,74)/b17-15-,23-21-. The van der Waals surface area contributed by atoms with Crippen molar-refractivity contribution >= 4 is 19.8 Å². The number of hydrogen-bond donors (Lipinski definition) is 2. The maximum absolute atomic E-state index is 12.8. The van der Waals surface area contributed by atoms with E-state index in [0.717, 1.165) is 38.5 Å². The van der Waals surface area contributed by atoms with Gasteiger partial charge in [-0.25, -0.2) is 4.57 Å². The first-order valence-corrected chi connectivity index (χ1v) is 36.3.